The summed E-state index contributed by atoms with van der Waals surface area (Å²) >= 11 is 6.04. The van der Waals surface area contributed by atoms with Crippen molar-refractivity contribution in [1.82, 2.24) is 15.1 Å². The molecule has 0 spiro atoms. The minimum Gasteiger partial charge on any atom is -0.383 e. The van der Waals surface area contributed by atoms with E-state index in [0.717, 1.165) is 19.5 Å². The van der Waals surface area contributed by atoms with E-state index in [-0.39, 0.29) is 5.78 Å². The van der Waals surface area contributed by atoms with Crippen LogP contribution in [0.5, 0.6) is 0 Å². The van der Waals surface area contributed by atoms with Crippen LogP contribution in [0, 0.1) is 5.92 Å². The van der Waals surface area contributed by atoms with E-state index in [1.165, 1.54) is 6.20 Å². The van der Waals surface area contributed by atoms with Crippen LogP contribution in [0.15, 0.2) is 6.20 Å². The first-order valence-electron chi connectivity index (χ1n) is 6.16. The van der Waals surface area contributed by atoms with Crippen LogP contribution < -0.4 is 5.32 Å². The summed E-state index contributed by atoms with van der Waals surface area (Å²) in [6, 6.07) is 0. The Labute approximate surface area is 111 Å². The number of hydrogen-bond donors (Lipinski definition) is 1. The minimum absolute atomic E-state index is 0.0716. The molecule has 1 aromatic heterocycles. The first kappa shape index (κ1) is 13.5. The van der Waals surface area contributed by atoms with Gasteiger partial charge in [-0.2, -0.15) is 5.10 Å². The average molecular weight is 272 g/mol. The number of ether oxygens (including phenoxy) is 1. The van der Waals surface area contributed by atoms with E-state index in [9.17, 15) is 4.79 Å². The van der Waals surface area contributed by atoms with Gasteiger partial charge in [0, 0.05) is 13.5 Å². The molecule has 0 saturated carbocycles. The smallest absolute Gasteiger partial charge is 0.182 e. The third kappa shape index (κ3) is 3.10. The van der Waals surface area contributed by atoms with Crippen LogP contribution in [0.25, 0.3) is 0 Å². The molecule has 5 nitrogen and oxygen atoms in total. The lowest BCUT2D eigenvalue weighted by atomic mass is 10.0. The fraction of sp³-hybridized carbons (Fsp3) is 0.667. The highest BCUT2D eigenvalue weighted by Gasteiger charge is 2.23. The van der Waals surface area contributed by atoms with Gasteiger partial charge in [-0.05, 0) is 25.4 Å². The molecule has 1 aliphatic heterocycles. The van der Waals surface area contributed by atoms with Crippen molar-refractivity contribution in [2.24, 2.45) is 5.92 Å². The SMILES string of the molecule is COCCn1ncc(Cl)c1C(=O)CC1CCNC1. The molecule has 1 unspecified atom stereocenters. The number of carbonyl (C=O) groups is 1. The van der Waals surface area contributed by atoms with E-state index in [4.69, 9.17) is 16.3 Å². The molecule has 2 rings (SSSR count). The van der Waals surface area contributed by atoms with Crippen molar-refractivity contribution in [2.75, 3.05) is 26.8 Å². The topological polar surface area (TPSA) is 56.2 Å². The average Bonchev–Trinajstić information content (AvgIpc) is 2.96. The summed E-state index contributed by atoms with van der Waals surface area (Å²) in [5.41, 5.74) is 0.514. The Morgan fingerprint density at radius 3 is 3.22 bits per heavy atom. The molecular weight excluding hydrogens is 254 g/mol. The number of rotatable bonds is 6. The Hall–Kier alpha value is -0.910. The van der Waals surface area contributed by atoms with Crippen molar-refractivity contribution < 1.29 is 9.53 Å². The normalized spacial score (nSPS) is 19.3. The van der Waals surface area contributed by atoms with E-state index < -0.39 is 0 Å². The minimum atomic E-state index is 0.0716. The number of nitrogens with one attached hydrogen (secondary N) is 1. The first-order valence-corrected chi connectivity index (χ1v) is 6.54. The predicted molar refractivity (Wildman–Crippen MR) is 69.0 cm³/mol. The van der Waals surface area contributed by atoms with Gasteiger partial charge in [-0.25, -0.2) is 0 Å². The van der Waals surface area contributed by atoms with E-state index in [0.29, 0.717) is 36.2 Å². The molecule has 1 aromatic rings. The third-order valence-corrected chi connectivity index (χ3v) is 3.48. The summed E-state index contributed by atoms with van der Waals surface area (Å²) in [5, 5.41) is 7.81. The van der Waals surface area contributed by atoms with Crippen LogP contribution in [-0.4, -0.2) is 42.4 Å². The van der Waals surface area contributed by atoms with Crippen molar-refractivity contribution in [3.63, 3.8) is 0 Å². The molecule has 1 atom stereocenters. The van der Waals surface area contributed by atoms with Gasteiger partial charge in [-0.1, -0.05) is 11.6 Å². The molecule has 1 aliphatic rings. The number of nitrogens with zero attached hydrogens (tertiary/aromatic N) is 2. The second-order valence-electron chi connectivity index (χ2n) is 4.54. The largest absolute Gasteiger partial charge is 0.383 e. The van der Waals surface area contributed by atoms with Crippen molar-refractivity contribution in [1.29, 1.82) is 0 Å². The lowest BCUT2D eigenvalue weighted by Crippen LogP contribution is -2.18. The van der Waals surface area contributed by atoms with Crippen LogP contribution in [0.4, 0.5) is 0 Å². The number of carbonyl (C=O) groups excluding carboxylic acids is 1. The fourth-order valence-electron chi connectivity index (χ4n) is 2.23. The highest BCUT2D eigenvalue weighted by molar-refractivity contribution is 6.33. The molecule has 0 amide bonds. The van der Waals surface area contributed by atoms with Crippen molar-refractivity contribution in [2.45, 2.75) is 19.4 Å². The van der Waals surface area contributed by atoms with Crippen LogP contribution in [0.1, 0.15) is 23.3 Å². The molecule has 1 N–H and O–H groups in total. The van der Waals surface area contributed by atoms with Gasteiger partial charge >= 0.3 is 0 Å². The van der Waals surface area contributed by atoms with Crippen molar-refractivity contribution in [3.8, 4) is 0 Å². The van der Waals surface area contributed by atoms with Gasteiger partial charge in [0.2, 0.25) is 0 Å². The van der Waals surface area contributed by atoms with Crippen LogP contribution in [-0.2, 0) is 11.3 Å². The number of hydrogen-bond acceptors (Lipinski definition) is 4. The quantitative estimate of drug-likeness (QED) is 0.794. The zero-order valence-corrected chi connectivity index (χ0v) is 11.2. The fourth-order valence-corrected chi connectivity index (χ4v) is 2.48. The summed E-state index contributed by atoms with van der Waals surface area (Å²) in [5.74, 6) is 0.488. The van der Waals surface area contributed by atoms with Crippen LogP contribution in [0.3, 0.4) is 0 Å². The van der Waals surface area contributed by atoms with Gasteiger partial charge in [-0.3, -0.25) is 9.48 Å². The van der Waals surface area contributed by atoms with E-state index >= 15 is 0 Å². The molecule has 2 heterocycles. The molecule has 1 saturated heterocycles. The van der Waals surface area contributed by atoms with Crippen molar-refractivity contribution in [3.05, 3.63) is 16.9 Å². The van der Waals surface area contributed by atoms with Gasteiger partial charge in [0.25, 0.3) is 0 Å². The monoisotopic (exact) mass is 271 g/mol. The molecule has 1 fully saturated rings. The number of Topliss-reactive ketones (excluding diaryl/α,β-unsaturated/α-hetero) is 1. The van der Waals surface area contributed by atoms with Gasteiger partial charge in [0.15, 0.2) is 5.78 Å². The molecule has 6 heteroatoms. The summed E-state index contributed by atoms with van der Waals surface area (Å²) in [6.45, 7) is 2.97. The summed E-state index contributed by atoms with van der Waals surface area (Å²) in [6.07, 6.45) is 3.11. The van der Waals surface area contributed by atoms with E-state index in [1.54, 1.807) is 11.8 Å². The predicted octanol–water partition coefficient (Wildman–Crippen LogP) is 1.37. The van der Waals surface area contributed by atoms with E-state index in [2.05, 4.69) is 10.4 Å². The highest BCUT2D eigenvalue weighted by atomic mass is 35.5. The Morgan fingerprint density at radius 1 is 1.72 bits per heavy atom. The molecule has 0 radical (unpaired) electrons. The zero-order valence-electron chi connectivity index (χ0n) is 10.5. The van der Waals surface area contributed by atoms with Gasteiger partial charge in [-0.15, -0.1) is 0 Å². The molecule has 0 aromatic carbocycles. The molecule has 0 aliphatic carbocycles. The molecule has 18 heavy (non-hydrogen) atoms. The van der Waals surface area contributed by atoms with Crippen molar-refractivity contribution >= 4 is 17.4 Å². The Morgan fingerprint density at radius 2 is 2.56 bits per heavy atom. The van der Waals surface area contributed by atoms with Crippen LogP contribution >= 0.6 is 11.6 Å². The first-order chi connectivity index (χ1) is 8.72. The maximum atomic E-state index is 12.3. The molecule has 100 valence electrons. The van der Waals surface area contributed by atoms with Gasteiger partial charge in [0.1, 0.15) is 5.69 Å². The second-order valence-corrected chi connectivity index (χ2v) is 4.95. The summed E-state index contributed by atoms with van der Waals surface area (Å²) < 4.78 is 6.63. The van der Waals surface area contributed by atoms with Gasteiger partial charge < -0.3 is 10.1 Å². The lowest BCUT2D eigenvalue weighted by Gasteiger charge is -2.09. The third-order valence-electron chi connectivity index (χ3n) is 3.20. The highest BCUT2D eigenvalue weighted by Crippen LogP contribution is 2.21. The standard InChI is InChI=1S/C12H18ClN3O2/c1-18-5-4-16-12(10(13)8-15-16)11(17)6-9-2-3-14-7-9/h8-9,14H,2-7H2,1H3. The Balaban J connectivity index is 2.05. The number of halogens is 1. The second kappa shape index (κ2) is 6.31. The number of ketones is 1. The molecule has 0 bridgehead atoms. The Kier molecular flexibility index (Phi) is 4.74. The maximum Gasteiger partial charge on any atom is 0.182 e. The van der Waals surface area contributed by atoms with Crippen LogP contribution in [0.2, 0.25) is 5.02 Å². The summed E-state index contributed by atoms with van der Waals surface area (Å²) in [7, 11) is 1.62. The van der Waals surface area contributed by atoms with E-state index in [1.807, 2.05) is 0 Å². The maximum absolute atomic E-state index is 12.3. The lowest BCUT2D eigenvalue weighted by molar-refractivity contribution is 0.0950. The Bertz CT molecular complexity index is 413. The number of methoxy groups -OCH3 is 1. The summed E-state index contributed by atoms with van der Waals surface area (Å²) in [4.78, 5) is 12.3. The van der Waals surface area contributed by atoms with Gasteiger partial charge in [0.05, 0.1) is 24.4 Å². The molecular formula is C12H18ClN3O2. The number of aromatic nitrogens is 2. The zero-order chi connectivity index (χ0) is 13.0.